The number of ether oxygens (including phenoxy) is 2. The summed E-state index contributed by atoms with van der Waals surface area (Å²) in [6.45, 7) is -2.24. The number of aryl methyl sites for hydroxylation is 1. The van der Waals surface area contributed by atoms with Gasteiger partial charge in [-0.2, -0.15) is 5.26 Å². The van der Waals surface area contributed by atoms with E-state index >= 15 is 0 Å². The predicted octanol–water partition coefficient (Wildman–Crippen LogP) is 3.20. The zero-order chi connectivity index (χ0) is 26.8. The van der Waals surface area contributed by atoms with Crippen molar-refractivity contribution in [3.8, 4) is 6.07 Å². The van der Waals surface area contributed by atoms with Gasteiger partial charge < -0.3 is 23.6 Å². The zero-order valence-electron chi connectivity index (χ0n) is 21.5. The van der Waals surface area contributed by atoms with E-state index in [9.17, 15) is 14.7 Å². The molecule has 1 aliphatic heterocycles. The molecule has 1 aliphatic carbocycles. The molecule has 5 atom stereocenters. The minimum Gasteiger partial charge on any atom is -0.394 e. The minimum atomic E-state index is -3.41. The first-order valence-corrected chi connectivity index (χ1v) is 15.5. The lowest BCUT2D eigenvalue weighted by atomic mass is 9.99. The molecule has 1 saturated heterocycles. The monoisotopic (exact) mass is 559 g/mol. The second-order valence-electron chi connectivity index (χ2n) is 9.46. The third-order valence-electron chi connectivity index (χ3n) is 6.70. The van der Waals surface area contributed by atoms with Crippen molar-refractivity contribution in [2.45, 2.75) is 102 Å². The second kappa shape index (κ2) is 14.7. The molecule has 0 radical (unpaired) electrons. The molecule has 2 fully saturated rings. The normalized spacial score (nSPS) is 27.4. The van der Waals surface area contributed by atoms with Gasteiger partial charge in [-0.05, 0) is 31.6 Å². The van der Waals surface area contributed by atoms with E-state index in [0.717, 1.165) is 38.5 Å². The van der Waals surface area contributed by atoms with Crippen LogP contribution in [0.3, 0.4) is 0 Å². The highest BCUT2D eigenvalue weighted by atomic mass is 32.5. The molecule has 37 heavy (non-hydrogen) atoms. The summed E-state index contributed by atoms with van der Waals surface area (Å²) in [7, 11) is 1.43. The Morgan fingerprint density at radius 2 is 1.81 bits per heavy atom. The smallest absolute Gasteiger partial charge is 0.330 e. The highest BCUT2D eigenvalue weighted by molar-refractivity contribution is 8.07. The van der Waals surface area contributed by atoms with Crippen molar-refractivity contribution in [2.75, 3.05) is 20.3 Å². The van der Waals surface area contributed by atoms with Gasteiger partial charge in [0, 0.05) is 18.9 Å². The number of nitrogens with one attached hydrogen (secondary N) is 1. The molecule has 0 bridgehead atoms. The first kappa shape index (κ1) is 30.1. The van der Waals surface area contributed by atoms with Crippen LogP contribution in [0.1, 0.15) is 76.0 Å². The summed E-state index contributed by atoms with van der Waals surface area (Å²) in [6, 6.07) is 2.03. The molecule has 0 spiro atoms. The van der Waals surface area contributed by atoms with E-state index in [1.165, 1.54) is 37.1 Å². The van der Waals surface area contributed by atoms with Crippen molar-refractivity contribution in [3.63, 3.8) is 0 Å². The third-order valence-corrected chi connectivity index (χ3v) is 9.09. The van der Waals surface area contributed by atoms with Crippen LogP contribution in [-0.4, -0.2) is 59.4 Å². The Morgan fingerprint density at radius 3 is 2.41 bits per heavy atom. The number of nitriles is 1. The van der Waals surface area contributed by atoms with Crippen LogP contribution >= 0.6 is 6.72 Å². The molecule has 1 aromatic heterocycles. The standard InChI is InChI=1S/C24H38N3O8PS/c1-17-15-27(24(30)26-22(17)29)23-21(31-2)20(19(16-28)33-23)35-36(37,32-14-10-13-25)34-18-11-8-6-4-3-5-7-9-12-18/h15,18-21,23,28H,3-12,14,16H2,1-2H3,(H,26,29,30)/t19-,20?,21?,23-,36?/m1/s1. The van der Waals surface area contributed by atoms with Crippen molar-refractivity contribution >= 4 is 18.5 Å². The maximum absolute atomic E-state index is 12.6. The molecule has 208 valence electrons. The van der Waals surface area contributed by atoms with Crippen molar-refractivity contribution in [2.24, 2.45) is 0 Å². The molecule has 11 nitrogen and oxygen atoms in total. The Hall–Kier alpha value is -1.42. The van der Waals surface area contributed by atoms with E-state index in [-0.39, 0.29) is 19.1 Å². The second-order valence-corrected chi connectivity index (χ2v) is 12.4. The van der Waals surface area contributed by atoms with E-state index in [4.69, 9.17) is 40.1 Å². The number of nitrogens with zero attached hydrogens (tertiary/aromatic N) is 2. The summed E-state index contributed by atoms with van der Waals surface area (Å²) in [5.41, 5.74) is -0.866. The van der Waals surface area contributed by atoms with Crippen molar-refractivity contribution in [1.82, 2.24) is 9.55 Å². The molecule has 3 unspecified atom stereocenters. The van der Waals surface area contributed by atoms with Gasteiger partial charge >= 0.3 is 12.4 Å². The SMILES string of the molecule is COC1C(OP(=S)(OCCC#N)OC2CCCCCCCCC2)[C@@H](CO)O[C@H]1n1cc(C)c(=O)[nH]c1=O. The lowest BCUT2D eigenvalue weighted by Crippen LogP contribution is -2.40. The third kappa shape index (κ3) is 8.28. The molecule has 13 heteroatoms. The van der Waals surface area contributed by atoms with Gasteiger partial charge in [-0.15, -0.1) is 0 Å². The minimum absolute atomic E-state index is 0.0392. The zero-order valence-corrected chi connectivity index (χ0v) is 23.2. The number of aliphatic hydroxyl groups excluding tert-OH is 1. The Morgan fingerprint density at radius 1 is 1.16 bits per heavy atom. The van der Waals surface area contributed by atoms with Gasteiger partial charge in [0.1, 0.15) is 18.3 Å². The van der Waals surface area contributed by atoms with Gasteiger partial charge in [-0.25, -0.2) is 4.79 Å². The fourth-order valence-electron chi connectivity index (χ4n) is 4.73. The van der Waals surface area contributed by atoms with Gasteiger partial charge in [-0.3, -0.25) is 18.9 Å². The molecule has 1 saturated carbocycles. The Balaban J connectivity index is 1.85. The summed E-state index contributed by atoms with van der Waals surface area (Å²) < 4.78 is 31.4. The Bertz CT molecular complexity index is 1060. The Labute approximate surface area is 222 Å². The summed E-state index contributed by atoms with van der Waals surface area (Å²) in [4.78, 5) is 26.7. The van der Waals surface area contributed by atoms with Crippen molar-refractivity contribution < 1.29 is 28.2 Å². The number of aliphatic hydroxyl groups is 1. The summed E-state index contributed by atoms with van der Waals surface area (Å²) in [5.74, 6) is 0. The van der Waals surface area contributed by atoms with Gasteiger partial charge in [0.2, 0.25) is 0 Å². The molecule has 2 N–H and O–H groups in total. The fraction of sp³-hybridized carbons (Fsp3) is 0.792. The molecule has 0 aromatic carbocycles. The van der Waals surface area contributed by atoms with Crippen LogP contribution in [0.5, 0.6) is 0 Å². The molecular weight excluding hydrogens is 521 g/mol. The molecule has 2 aliphatic rings. The fourth-order valence-corrected chi connectivity index (χ4v) is 7.23. The summed E-state index contributed by atoms with van der Waals surface area (Å²) in [6.07, 6.45) is 7.26. The topological polar surface area (TPSA) is 145 Å². The van der Waals surface area contributed by atoms with E-state index in [0.29, 0.717) is 5.56 Å². The van der Waals surface area contributed by atoms with Crippen LogP contribution in [0.25, 0.3) is 0 Å². The molecule has 1 aromatic rings. The number of methoxy groups -OCH3 is 1. The highest BCUT2D eigenvalue weighted by Gasteiger charge is 2.50. The van der Waals surface area contributed by atoms with Crippen molar-refractivity contribution in [3.05, 3.63) is 32.6 Å². The largest absolute Gasteiger partial charge is 0.394 e. The molecule has 2 heterocycles. The lowest BCUT2D eigenvalue weighted by Gasteiger charge is -2.32. The summed E-state index contributed by atoms with van der Waals surface area (Å²) >= 11 is 5.82. The summed E-state index contributed by atoms with van der Waals surface area (Å²) in [5, 5.41) is 19.1. The first-order chi connectivity index (χ1) is 17.8. The average molecular weight is 560 g/mol. The number of rotatable bonds is 10. The van der Waals surface area contributed by atoms with Crippen LogP contribution in [0.15, 0.2) is 15.8 Å². The van der Waals surface area contributed by atoms with E-state index in [2.05, 4.69) is 4.98 Å². The molecular formula is C24H38N3O8PS. The average Bonchev–Trinajstić information content (AvgIpc) is 3.22. The van der Waals surface area contributed by atoms with Crippen LogP contribution in [0.4, 0.5) is 0 Å². The predicted molar refractivity (Wildman–Crippen MR) is 140 cm³/mol. The van der Waals surface area contributed by atoms with Gasteiger partial charge in [0.05, 0.1) is 31.8 Å². The Kier molecular flexibility index (Phi) is 11.9. The van der Waals surface area contributed by atoms with Crippen LogP contribution in [0.2, 0.25) is 0 Å². The first-order valence-electron chi connectivity index (χ1n) is 12.9. The maximum atomic E-state index is 12.6. The van der Waals surface area contributed by atoms with E-state index in [1.807, 2.05) is 6.07 Å². The van der Waals surface area contributed by atoms with E-state index in [1.54, 1.807) is 6.92 Å². The number of H-pyrrole nitrogens is 1. The number of aromatic nitrogens is 2. The molecule has 3 rings (SSSR count). The van der Waals surface area contributed by atoms with Crippen molar-refractivity contribution in [1.29, 1.82) is 5.26 Å². The van der Waals surface area contributed by atoms with Gasteiger partial charge in [0.25, 0.3) is 5.56 Å². The number of hydrogen-bond donors (Lipinski definition) is 2. The molecule has 0 amide bonds. The van der Waals surface area contributed by atoms with Crippen LogP contribution < -0.4 is 11.2 Å². The van der Waals surface area contributed by atoms with E-state index < -0.39 is 49.1 Å². The van der Waals surface area contributed by atoms with Crippen LogP contribution in [-0.2, 0) is 34.9 Å². The highest BCUT2D eigenvalue weighted by Crippen LogP contribution is 2.55. The maximum Gasteiger partial charge on any atom is 0.330 e. The van der Waals surface area contributed by atoms with Gasteiger partial charge in [0.15, 0.2) is 6.23 Å². The van der Waals surface area contributed by atoms with Gasteiger partial charge in [-0.1, -0.05) is 44.9 Å². The quantitative estimate of drug-likeness (QED) is 0.324. The lowest BCUT2D eigenvalue weighted by molar-refractivity contribution is -0.0626. The van der Waals surface area contributed by atoms with Crippen LogP contribution in [0, 0.1) is 18.3 Å². The number of hydrogen-bond acceptors (Lipinski definition) is 10. The number of aromatic amines is 1.